The van der Waals surface area contributed by atoms with Gasteiger partial charge in [0, 0.05) is 81.0 Å². The lowest BCUT2D eigenvalue weighted by Crippen LogP contribution is -2.05. The van der Waals surface area contributed by atoms with Crippen molar-refractivity contribution in [1.29, 1.82) is 0 Å². The van der Waals surface area contributed by atoms with Crippen LogP contribution in [0.2, 0.25) is 0 Å². The van der Waals surface area contributed by atoms with Crippen molar-refractivity contribution >= 4 is 108 Å². The zero-order valence-corrected chi connectivity index (χ0v) is 36.9. The Kier molecular flexibility index (Phi) is 6.90. The van der Waals surface area contributed by atoms with Crippen molar-refractivity contribution in [2.24, 2.45) is 0 Å². The second-order valence-electron chi connectivity index (χ2n) is 17.4. The molecule has 0 N–H and O–H groups in total. The maximum absolute atomic E-state index is 9.20. The van der Waals surface area contributed by atoms with Crippen LogP contribution < -0.4 is 0 Å². The first-order valence-corrected chi connectivity index (χ1v) is 23.5. The molecule has 0 saturated carbocycles. The summed E-state index contributed by atoms with van der Waals surface area (Å²) in [7, 11) is 0. The number of hydrogen-bond acceptors (Lipinski definition) is 3. The van der Waals surface area contributed by atoms with Gasteiger partial charge >= 0.3 is 0 Å². The summed E-state index contributed by atoms with van der Waals surface area (Å²) in [6, 6.07) is 64.0. The fraction of sp³-hybridized carbons (Fsp3) is 0. The van der Waals surface area contributed by atoms with Crippen LogP contribution in [0.5, 0.6) is 0 Å². The van der Waals surface area contributed by atoms with Crippen molar-refractivity contribution in [3.8, 4) is 39.7 Å². The van der Waals surface area contributed by atoms with Crippen LogP contribution in [0.25, 0.3) is 136 Å². The van der Waals surface area contributed by atoms with Gasteiger partial charge in [-0.05, 0) is 89.3 Å². The van der Waals surface area contributed by atoms with E-state index in [1.807, 2.05) is 41.0 Å². The fourth-order valence-corrected chi connectivity index (χ4v) is 12.1. The molecule has 0 spiro atoms. The van der Waals surface area contributed by atoms with Gasteiger partial charge in [-0.25, -0.2) is 4.98 Å². The zero-order valence-electron chi connectivity index (χ0n) is 41.1. The van der Waals surface area contributed by atoms with Gasteiger partial charge in [-0.2, -0.15) is 0 Å². The minimum Gasteiger partial charge on any atom is -0.309 e. The Balaban J connectivity index is 1.09. The Morgan fingerprint density at radius 2 is 1.12 bits per heavy atom. The molecular weight excluding hydrogens is 847 g/mol. The number of rotatable bonds is 5. The van der Waals surface area contributed by atoms with E-state index in [1.165, 1.54) is 0 Å². The van der Waals surface area contributed by atoms with E-state index in [4.69, 9.17) is 9.10 Å². The second kappa shape index (κ2) is 14.3. The Hall–Kier alpha value is -8.84. The highest BCUT2D eigenvalue weighted by Crippen LogP contribution is 2.50. The average molecular weight is 889 g/mol. The predicted octanol–water partition coefficient (Wildman–Crippen LogP) is 16.6. The molecule has 5 aromatic heterocycles. The Morgan fingerprint density at radius 1 is 0.426 bits per heavy atom. The van der Waals surface area contributed by atoms with E-state index in [-0.39, 0.29) is 29.9 Å². The largest absolute Gasteiger partial charge is 0.309 e. The van der Waals surface area contributed by atoms with Gasteiger partial charge < -0.3 is 4.57 Å². The molecule has 5 nitrogen and oxygen atoms in total. The summed E-state index contributed by atoms with van der Waals surface area (Å²) in [4.78, 5) is 10.4. The van der Waals surface area contributed by atoms with E-state index in [0.717, 1.165) is 130 Å². The number of hydrogen-bond donors (Lipinski definition) is 0. The number of para-hydroxylation sites is 2. The van der Waals surface area contributed by atoms with Gasteiger partial charge in [0.05, 0.1) is 45.6 Å². The van der Waals surface area contributed by atoms with Crippen LogP contribution >= 0.6 is 11.3 Å². The molecular formula is C62H37N5S. The first-order chi connectivity index (χ1) is 35.8. The smallest absolute Gasteiger partial charge is 0.220 e. The topological polar surface area (TPSA) is 40.6 Å². The molecule has 15 rings (SSSR count). The molecule has 0 aliphatic heterocycles. The number of pyridine rings is 1. The van der Waals surface area contributed by atoms with Crippen LogP contribution in [0.1, 0.15) is 6.85 Å². The summed E-state index contributed by atoms with van der Waals surface area (Å²) in [6.07, 6.45) is 1.78. The summed E-state index contributed by atoms with van der Waals surface area (Å²) in [5, 5.41) is 10.6. The Labute approximate surface area is 400 Å². The Bertz CT molecular complexity index is 4820. The third-order valence-corrected chi connectivity index (χ3v) is 14.9. The van der Waals surface area contributed by atoms with Crippen molar-refractivity contribution in [3.05, 3.63) is 224 Å². The molecule has 0 aliphatic carbocycles. The molecule has 5 heterocycles. The van der Waals surface area contributed by atoms with Crippen LogP contribution in [0.4, 0.5) is 0 Å². The number of imidazole rings is 1. The number of fused-ring (bicyclic) bond motifs is 16. The molecule has 0 radical (unpaired) electrons. The molecule has 0 bridgehead atoms. The maximum atomic E-state index is 9.20. The number of thiophene rings is 1. The lowest BCUT2D eigenvalue weighted by Gasteiger charge is -2.14. The number of benzene rings is 10. The first-order valence-electron chi connectivity index (χ1n) is 25.2. The minimum absolute atomic E-state index is 0.110. The second-order valence-corrected chi connectivity index (χ2v) is 18.4. The molecule has 0 unspecified atom stereocenters. The van der Waals surface area contributed by atoms with Gasteiger partial charge in [0.15, 0.2) is 0 Å². The third-order valence-electron chi connectivity index (χ3n) is 13.8. The molecule has 0 aliphatic rings. The summed E-state index contributed by atoms with van der Waals surface area (Å²) < 4.78 is 53.0. The van der Waals surface area contributed by atoms with Gasteiger partial charge in [0.1, 0.15) is 0 Å². The zero-order chi connectivity index (χ0) is 48.8. The van der Waals surface area contributed by atoms with E-state index in [2.05, 4.69) is 166 Å². The van der Waals surface area contributed by atoms with Crippen molar-refractivity contribution in [2.45, 2.75) is 0 Å². The minimum atomic E-state index is -0.427. The lowest BCUT2D eigenvalue weighted by molar-refractivity contribution is 0.958. The van der Waals surface area contributed by atoms with Crippen LogP contribution in [-0.4, -0.2) is 23.7 Å². The monoisotopic (exact) mass is 888 g/mol. The highest BCUT2D eigenvalue weighted by molar-refractivity contribution is 7.27. The predicted molar refractivity (Wildman–Crippen MR) is 286 cm³/mol. The third kappa shape index (κ3) is 5.32. The van der Waals surface area contributed by atoms with Crippen molar-refractivity contribution in [2.75, 3.05) is 0 Å². The van der Waals surface area contributed by atoms with Crippen molar-refractivity contribution in [3.63, 3.8) is 0 Å². The van der Waals surface area contributed by atoms with Crippen LogP contribution in [0, 0.1) is 0 Å². The van der Waals surface area contributed by atoms with Crippen molar-refractivity contribution in [1.82, 2.24) is 23.7 Å². The van der Waals surface area contributed by atoms with Crippen LogP contribution in [0.3, 0.4) is 0 Å². The highest BCUT2D eigenvalue weighted by atomic mass is 32.1. The first kappa shape index (κ1) is 32.8. The summed E-state index contributed by atoms with van der Waals surface area (Å²) >= 11 is 1.72. The number of nitrogens with zero attached hydrogens (tertiary/aromatic N) is 5. The van der Waals surface area contributed by atoms with Crippen molar-refractivity contribution < 1.29 is 6.85 Å². The van der Waals surface area contributed by atoms with E-state index in [0.29, 0.717) is 0 Å². The molecule has 10 aromatic carbocycles. The molecule has 0 saturated heterocycles. The van der Waals surface area contributed by atoms with Gasteiger partial charge in [-0.3, -0.25) is 14.1 Å². The summed E-state index contributed by atoms with van der Waals surface area (Å²) in [5.41, 5.74) is 10.6. The van der Waals surface area contributed by atoms with E-state index in [9.17, 15) is 2.74 Å². The molecule has 6 heteroatoms. The van der Waals surface area contributed by atoms with E-state index in [1.54, 1.807) is 17.5 Å². The van der Waals surface area contributed by atoms with Gasteiger partial charge in [-0.1, -0.05) is 146 Å². The van der Waals surface area contributed by atoms with E-state index >= 15 is 0 Å². The van der Waals surface area contributed by atoms with Crippen LogP contribution in [0.15, 0.2) is 224 Å². The average Bonchev–Trinajstić information content (AvgIpc) is 4.20. The SMILES string of the molecule is [2H]c1c([2H])c([2H])c(-n2c3ccc(-c4ccccn4)cc3c3cc4c(cc32)sc2c3ccccc3c3c(c5ccccc5n3-c3nc5c6ccccc6ccc5n3-c3ccc(-c5ccccc5)cc3)c42)c([2H])c1[2H]. The quantitative estimate of drug-likeness (QED) is 0.173. The van der Waals surface area contributed by atoms with Gasteiger partial charge in [0.2, 0.25) is 5.95 Å². The van der Waals surface area contributed by atoms with E-state index < -0.39 is 6.04 Å². The molecule has 0 amide bonds. The van der Waals surface area contributed by atoms with Crippen LogP contribution in [-0.2, 0) is 0 Å². The fourth-order valence-electron chi connectivity index (χ4n) is 10.8. The normalized spacial score (nSPS) is 13.1. The molecule has 316 valence electrons. The maximum Gasteiger partial charge on any atom is 0.220 e. The van der Waals surface area contributed by atoms with Gasteiger partial charge in [0.25, 0.3) is 0 Å². The summed E-state index contributed by atoms with van der Waals surface area (Å²) in [5.74, 6) is 0.778. The molecule has 15 aromatic rings. The summed E-state index contributed by atoms with van der Waals surface area (Å²) in [6.45, 7) is 0. The van der Waals surface area contributed by atoms with Gasteiger partial charge in [-0.15, -0.1) is 11.3 Å². The molecule has 0 fully saturated rings. The standard InChI is InChI=1S/C62H37N5S/c1-3-15-38(16-4-1)39-26-30-43(31-27-39)66-54-33-28-40-17-7-8-20-44(40)59(54)64-62(66)67-52-25-12-11-23-47(52)57-58-50-36-49-48-35-41(51-24-13-14-34-63-51)29-32-53(48)65(42-18-5-2-6-19-42)55(49)37-56(50)68-61(58)46-22-10-9-21-45(46)60(57)67/h1-37H/i2D,5D,6D,18D,19D. The Morgan fingerprint density at radius 3 is 1.96 bits per heavy atom. The lowest BCUT2D eigenvalue weighted by atomic mass is 9.99. The molecule has 0 atom stereocenters. The molecule has 68 heavy (non-hydrogen) atoms. The number of aromatic nitrogens is 5. The highest BCUT2D eigenvalue weighted by Gasteiger charge is 2.27.